The molecule has 4 heterocycles. The van der Waals surface area contributed by atoms with E-state index in [2.05, 4.69) is 17.6 Å². The number of thiol groups is 1. The zero-order valence-electron chi connectivity index (χ0n) is 25.4. The molecule has 2 amide bonds. The Kier molecular flexibility index (Phi) is 11.5. The van der Waals surface area contributed by atoms with Crippen molar-refractivity contribution in [1.82, 2.24) is 14.8 Å². The van der Waals surface area contributed by atoms with Gasteiger partial charge in [0.25, 0.3) is 5.91 Å². The number of hydrogen-bond donors (Lipinski definition) is 3. The van der Waals surface area contributed by atoms with Gasteiger partial charge in [0.2, 0.25) is 5.91 Å². The monoisotopic (exact) mass is 703 g/mol. The predicted octanol–water partition coefficient (Wildman–Crippen LogP) is 7.39. The third-order valence-electron chi connectivity index (χ3n) is 8.43. The van der Waals surface area contributed by atoms with Crippen LogP contribution in [0, 0.1) is 5.92 Å². The topological polar surface area (TPSA) is 94.0 Å². The molecule has 7 nitrogen and oxygen atoms in total. The van der Waals surface area contributed by atoms with Crippen LogP contribution in [0.3, 0.4) is 0 Å². The Morgan fingerprint density at radius 1 is 1.04 bits per heavy atom. The van der Waals surface area contributed by atoms with E-state index >= 15 is 0 Å². The molecule has 256 valence electrons. The quantitative estimate of drug-likeness (QED) is 0.190. The molecule has 2 unspecified atom stereocenters. The molecular formula is C32H35F6N3O4S2. The number of carbonyl (C=O) groups excluding carboxylic acids is 2. The maximum atomic E-state index is 13.7. The van der Waals surface area contributed by atoms with Crippen LogP contribution < -0.4 is 0 Å². The minimum Gasteiger partial charge on any atom is -0.507 e. The van der Waals surface area contributed by atoms with Gasteiger partial charge in [-0.05, 0) is 55.9 Å². The van der Waals surface area contributed by atoms with Crippen molar-refractivity contribution in [3.63, 3.8) is 0 Å². The van der Waals surface area contributed by atoms with Gasteiger partial charge < -0.3 is 20.0 Å². The summed E-state index contributed by atoms with van der Waals surface area (Å²) < 4.78 is 75.8. The van der Waals surface area contributed by atoms with Crippen LogP contribution in [0.1, 0.15) is 71.9 Å². The van der Waals surface area contributed by atoms with Gasteiger partial charge in [0.1, 0.15) is 16.3 Å². The smallest absolute Gasteiger partial charge is 0.425 e. The van der Waals surface area contributed by atoms with Gasteiger partial charge in [-0.25, -0.2) is 0 Å². The number of alkyl halides is 6. The molecule has 15 heteroatoms. The number of benzene rings is 1. The molecule has 2 atom stereocenters. The first kappa shape index (κ1) is 36.5. The van der Waals surface area contributed by atoms with Gasteiger partial charge in [-0.15, -0.1) is 24.0 Å². The van der Waals surface area contributed by atoms with Gasteiger partial charge in [-0.1, -0.05) is 31.5 Å². The molecule has 2 N–H and O–H groups in total. The molecular weight excluding hydrogens is 668 g/mol. The summed E-state index contributed by atoms with van der Waals surface area (Å²) in [6, 6.07) is 9.57. The Labute approximate surface area is 277 Å². The first-order valence-corrected chi connectivity index (χ1v) is 16.4. The number of pyridine rings is 1. The summed E-state index contributed by atoms with van der Waals surface area (Å²) in [6.07, 6.45) is -4.90. The summed E-state index contributed by atoms with van der Waals surface area (Å²) in [5.74, 6) is -1.76. The van der Waals surface area contributed by atoms with Crippen molar-refractivity contribution in [2.75, 3.05) is 19.6 Å². The fourth-order valence-electron chi connectivity index (χ4n) is 6.13. The Hall–Kier alpha value is -3.30. The predicted molar refractivity (Wildman–Crippen MR) is 166 cm³/mol. The van der Waals surface area contributed by atoms with E-state index in [1.54, 1.807) is 4.90 Å². The van der Waals surface area contributed by atoms with Crippen molar-refractivity contribution in [3.05, 3.63) is 75.7 Å². The highest BCUT2D eigenvalue weighted by Gasteiger charge is 2.44. The number of nitrogens with zero attached hydrogens (tertiary/aromatic N) is 3. The Bertz CT molecular complexity index is 1540. The maximum absolute atomic E-state index is 13.7. The normalized spacial score (nSPS) is 19.9. The van der Waals surface area contributed by atoms with Crippen molar-refractivity contribution in [2.45, 2.75) is 74.3 Å². The molecule has 1 aromatic carbocycles. The third-order valence-corrected chi connectivity index (χ3v) is 9.78. The van der Waals surface area contributed by atoms with Crippen molar-refractivity contribution in [3.8, 4) is 5.75 Å². The fourth-order valence-corrected chi connectivity index (χ4v) is 7.14. The number of likely N-dealkylation sites (tertiary alicyclic amines) is 2. The zero-order chi connectivity index (χ0) is 34.6. The molecule has 5 rings (SSSR count). The van der Waals surface area contributed by atoms with Crippen LogP contribution in [0.15, 0.2) is 58.9 Å². The van der Waals surface area contributed by atoms with Gasteiger partial charge in [0, 0.05) is 48.2 Å². The molecule has 2 aliphatic heterocycles. The van der Waals surface area contributed by atoms with Gasteiger partial charge >= 0.3 is 12.4 Å². The van der Waals surface area contributed by atoms with Gasteiger partial charge in [-0.3, -0.25) is 14.6 Å². The fraction of sp³-hybridized carbons (Fsp3) is 0.469. The van der Waals surface area contributed by atoms with E-state index < -0.39 is 52.0 Å². The molecule has 2 fully saturated rings. The first-order chi connectivity index (χ1) is 22.1. The number of halogens is 6. The van der Waals surface area contributed by atoms with E-state index in [9.17, 15) is 41.0 Å². The van der Waals surface area contributed by atoms with Crippen LogP contribution >= 0.6 is 24.0 Å². The summed E-state index contributed by atoms with van der Waals surface area (Å²) in [5.41, 5.74) is -2.04. The highest BCUT2D eigenvalue weighted by molar-refractivity contribution is 7.80. The van der Waals surface area contributed by atoms with Crippen LogP contribution in [0.5, 0.6) is 5.75 Å². The van der Waals surface area contributed by atoms with Crippen molar-refractivity contribution >= 4 is 35.8 Å². The average molecular weight is 704 g/mol. The highest BCUT2D eigenvalue weighted by Crippen LogP contribution is 2.39. The molecule has 47 heavy (non-hydrogen) atoms. The minimum atomic E-state index is -4.71. The molecule has 3 aromatic rings. The number of aromatic nitrogens is 1. The van der Waals surface area contributed by atoms with E-state index in [4.69, 9.17) is 5.11 Å². The second-order valence-electron chi connectivity index (χ2n) is 11.5. The van der Waals surface area contributed by atoms with Crippen LogP contribution in [0.25, 0.3) is 0 Å². The van der Waals surface area contributed by atoms with E-state index in [-0.39, 0.29) is 18.2 Å². The van der Waals surface area contributed by atoms with Gasteiger partial charge in [0.15, 0.2) is 0 Å². The maximum Gasteiger partial charge on any atom is 0.425 e. The van der Waals surface area contributed by atoms with Crippen LogP contribution in [0.2, 0.25) is 0 Å². The number of rotatable bonds is 5. The summed E-state index contributed by atoms with van der Waals surface area (Å²) in [4.78, 5) is 33.9. The van der Waals surface area contributed by atoms with E-state index in [1.807, 2.05) is 31.2 Å². The molecule has 0 spiro atoms. The number of amides is 2. The molecule has 0 bridgehead atoms. The summed E-state index contributed by atoms with van der Waals surface area (Å²) in [7, 11) is 0. The standard InChI is InChI=1S/C27H32F3N3O3S.C5H3F3OS/c1-2-7-21-18(8-6-15-33(21)25(35)23-20(27(28,29)30)10-5-14-31-23)24(34)32-16-12-26(36,13-17-32)19-9-3-4-11-22(19)37;6-5(7,8)4-1-3(9)2-10-4/h3-5,9-11,14,18,21,36-37H,2,6-8,12-13,15-17H2,1H3;1-2,9H. The van der Waals surface area contributed by atoms with Crippen molar-refractivity contribution in [2.24, 2.45) is 5.92 Å². The Balaban J connectivity index is 0.000000427. The number of carbonyl (C=O) groups is 2. The number of aromatic hydroxyl groups is 1. The average Bonchev–Trinajstić information content (AvgIpc) is 3.48. The lowest BCUT2D eigenvalue weighted by Crippen LogP contribution is -2.55. The second-order valence-corrected chi connectivity index (χ2v) is 12.9. The summed E-state index contributed by atoms with van der Waals surface area (Å²) in [6.45, 7) is 2.90. The third kappa shape index (κ3) is 8.60. The van der Waals surface area contributed by atoms with Crippen LogP contribution in [-0.2, 0) is 22.7 Å². The molecule has 0 radical (unpaired) electrons. The van der Waals surface area contributed by atoms with Crippen molar-refractivity contribution < 1.29 is 46.1 Å². The van der Waals surface area contributed by atoms with Crippen molar-refractivity contribution in [1.29, 1.82) is 0 Å². The summed E-state index contributed by atoms with van der Waals surface area (Å²) >= 11 is 4.96. The van der Waals surface area contributed by atoms with Gasteiger partial charge in [0.05, 0.1) is 17.1 Å². The lowest BCUT2D eigenvalue weighted by atomic mass is 9.82. The molecule has 2 aromatic heterocycles. The first-order valence-electron chi connectivity index (χ1n) is 15.0. The van der Waals surface area contributed by atoms with E-state index in [1.165, 1.54) is 11.1 Å². The lowest BCUT2D eigenvalue weighted by Gasteiger charge is -2.45. The molecule has 2 aliphatic rings. The zero-order valence-corrected chi connectivity index (χ0v) is 27.1. The van der Waals surface area contributed by atoms with Gasteiger partial charge in [-0.2, -0.15) is 26.3 Å². The van der Waals surface area contributed by atoms with E-state index in [0.717, 1.165) is 23.1 Å². The number of thiophene rings is 1. The second kappa shape index (κ2) is 14.9. The number of aliphatic hydroxyl groups is 1. The summed E-state index contributed by atoms with van der Waals surface area (Å²) in [5, 5.41) is 20.8. The Morgan fingerprint density at radius 3 is 2.28 bits per heavy atom. The molecule has 2 saturated heterocycles. The van der Waals surface area contributed by atoms with E-state index in [0.29, 0.717) is 73.9 Å². The molecule has 0 saturated carbocycles. The lowest BCUT2D eigenvalue weighted by molar-refractivity contribution is -0.144. The number of hydrogen-bond acceptors (Lipinski definition) is 7. The van der Waals surface area contributed by atoms with Crippen LogP contribution in [-0.4, -0.2) is 62.5 Å². The highest BCUT2D eigenvalue weighted by atomic mass is 32.1. The largest absolute Gasteiger partial charge is 0.507 e. The van der Waals surface area contributed by atoms with Crippen LogP contribution in [0.4, 0.5) is 26.3 Å². The molecule has 0 aliphatic carbocycles. The SMILES string of the molecule is CCCC1C(C(=O)N2CCC(O)(c3ccccc3S)CC2)CCCN1C(=O)c1ncccc1C(F)(F)F.Oc1csc(C(F)(F)F)c1. The number of piperidine rings is 2. The minimum absolute atomic E-state index is 0.116. The Morgan fingerprint density at radius 2 is 1.72 bits per heavy atom.